The van der Waals surface area contributed by atoms with Crippen LogP contribution in [0.4, 0.5) is 0 Å². The standard InChI is InChI=1S/C17H18N2O5/c1-2-12-4-6-15(24-12)14-10-23-8-7-19(14)16(20)11-3-5-13(17(21)22)18-9-11/h3-6,9,14H,2,7-8,10H2,1H3,(H,21,22)/t14-/m0/s1. The number of morpholine rings is 1. The first-order chi connectivity index (χ1) is 11.6. The van der Waals surface area contributed by atoms with Gasteiger partial charge in [0.15, 0.2) is 0 Å². The third-order valence-corrected chi connectivity index (χ3v) is 3.98. The number of carboxylic acids is 1. The Bertz CT molecular complexity index is 738. The summed E-state index contributed by atoms with van der Waals surface area (Å²) in [6, 6.07) is 6.27. The molecule has 2 aromatic heterocycles. The molecule has 1 fully saturated rings. The third-order valence-electron chi connectivity index (χ3n) is 3.98. The Balaban J connectivity index is 1.84. The second kappa shape index (κ2) is 6.84. The maximum absolute atomic E-state index is 12.8. The van der Waals surface area contributed by atoms with Crippen LogP contribution in [0.1, 0.15) is 45.3 Å². The van der Waals surface area contributed by atoms with Crippen molar-refractivity contribution >= 4 is 11.9 Å². The monoisotopic (exact) mass is 330 g/mol. The summed E-state index contributed by atoms with van der Waals surface area (Å²) in [5.41, 5.74) is 0.248. The molecule has 3 rings (SSSR count). The smallest absolute Gasteiger partial charge is 0.354 e. The number of aromatic nitrogens is 1. The number of aromatic carboxylic acids is 1. The van der Waals surface area contributed by atoms with Gasteiger partial charge >= 0.3 is 5.97 Å². The molecule has 0 spiro atoms. The number of ether oxygens (including phenoxy) is 1. The van der Waals surface area contributed by atoms with Crippen LogP contribution in [0.2, 0.25) is 0 Å². The molecule has 0 radical (unpaired) electrons. The SMILES string of the molecule is CCc1ccc([C@@H]2COCCN2C(=O)c2ccc(C(=O)O)nc2)o1. The van der Waals surface area contributed by atoms with Crippen molar-refractivity contribution in [3.8, 4) is 0 Å². The predicted molar refractivity (Wildman–Crippen MR) is 83.9 cm³/mol. The first kappa shape index (κ1) is 16.2. The molecule has 1 aliphatic heterocycles. The van der Waals surface area contributed by atoms with Gasteiger partial charge in [-0.1, -0.05) is 6.92 Å². The molecule has 0 saturated carbocycles. The number of hydrogen-bond donors (Lipinski definition) is 1. The minimum absolute atomic E-state index is 0.0938. The predicted octanol–water partition coefficient (Wildman–Crippen LogP) is 2.15. The van der Waals surface area contributed by atoms with Crippen molar-refractivity contribution < 1.29 is 23.8 Å². The number of carboxylic acid groups (broad SMARTS) is 1. The van der Waals surface area contributed by atoms with Crippen molar-refractivity contribution in [3.05, 3.63) is 53.2 Å². The summed E-state index contributed by atoms with van der Waals surface area (Å²) >= 11 is 0. The second-order valence-electron chi connectivity index (χ2n) is 5.48. The zero-order valence-corrected chi connectivity index (χ0v) is 13.3. The quantitative estimate of drug-likeness (QED) is 0.923. The number of carbonyl (C=O) groups excluding carboxylic acids is 1. The van der Waals surface area contributed by atoms with Crippen molar-refractivity contribution in [1.82, 2.24) is 9.88 Å². The summed E-state index contributed by atoms with van der Waals surface area (Å²) in [4.78, 5) is 29.1. The first-order valence-corrected chi connectivity index (χ1v) is 7.76. The van der Waals surface area contributed by atoms with Crippen LogP contribution < -0.4 is 0 Å². The Hall–Kier alpha value is -2.67. The van der Waals surface area contributed by atoms with Gasteiger partial charge < -0.3 is 19.2 Å². The van der Waals surface area contributed by atoms with Gasteiger partial charge in [0.25, 0.3) is 5.91 Å². The van der Waals surface area contributed by atoms with Crippen LogP contribution in [0.15, 0.2) is 34.9 Å². The maximum atomic E-state index is 12.8. The van der Waals surface area contributed by atoms with E-state index in [0.29, 0.717) is 31.1 Å². The Labute approximate surface area is 138 Å². The summed E-state index contributed by atoms with van der Waals surface area (Å²) in [7, 11) is 0. The first-order valence-electron chi connectivity index (χ1n) is 7.76. The number of rotatable bonds is 4. The lowest BCUT2D eigenvalue weighted by molar-refractivity contribution is -0.00903. The highest BCUT2D eigenvalue weighted by molar-refractivity contribution is 5.95. The minimum atomic E-state index is -1.12. The van der Waals surface area contributed by atoms with Crippen molar-refractivity contribution in [2.24, 2.45) is 0 Å². The van der Waals surface area contributed by atoms with E-state index < -0.39 is 5.97 Å². The number of amides is 1. The minimum Gasteiger partial charge on any atom is -0.477 e. The molecule has 3 heterocycles. The summed E-state index contributed by atoms with van der Waals surface area (Å²) in [6.07, 6.45) is 2.07. The van der Waals surface area contributed by atoms with Gasteiger partial charge in [0.05, 0.1) is 18.8 Å². The van der Waals surface area contributed by atoms with Crippen LogP contribution in [0, 0.1) is 0 Å². The largest absolute Gasteiger partial charge is 0.477 e. The Kier molecular flexibility index (Phi) is 4.61. The highest BCUT2D eigenvalue weighted by Crippen LogP contribution is 2.27. The normalized spacial score (nSPS) is 17.7. The van der Waals surface area contributed by atoms with Crippen LogP contribution >= 0.6 is 0 Å². The number of carbonyl (C=O) groups is 2. The van der Waals surface area contributed by atoms with Gasteiger partial charge in [0, 0.05) is 19.2 Å². The highest BCUT2D eigenvalue weighted by atomic mass is 16.5. The molecule has 1 saturated heterocycles. The fraction of sp³-hybridized carbons (Fsp3) is 0.353. The molecule has 24 heavy (non-hydrogen) atoms. The molecule has 0 unspecified atom stereocenters. The van der Waals surface area contributed by atoms with Crippen molar-refractivity contribution in [1.29, 1.82) is 0 Å². The van der Waals surface area contributed by atoms with Gasteiger partial charge in [-0.05, 0) is 24.3 Å². The van der Waals surface area contributed by atoms with E-state index in [1.54, 1.807) is 4.90 Å². The summed E-state index contributed by atoms with van der Waals surface area (Å²) in [5, 5.41) is 8.89. The number of hydrogen-bond acceptors (Lipinski definition) is 5. The van der Waals surface area contributed by atoms with Crippen molar-refractivity contribution in [2.75, 3.05) is 19.8 Å². The molecule has 1 atom stereocenters. The maximum Gasteiger partial charge on any atom is 0.354 e. The molecule has 126 valence electrons. The number of aryl methyl sites for hydroxylation is 1. The van der Waals surface area contributed by atoms with Gasteiger partial charge in [-0.2, -0.15) is 0 Å². The van der Waals surface area contributed by atoms with E-state index >= 15 is 0 Å². The molecule has 0 bridgehead atoms. The molecular formula is C17H18N2O5. The van der Waals surface area contributed by atoms with Crippen LogP contribution in [0.3, 0.4) is 0 Å². The van der Waals surface area contributed by atoms with Crippen molar-refractivity contribution in [2.45, 2.75) is 19.4 Å². The van der Waals surface area contributed by atoms with Gasteiger partial charge in [0.2, 0.25) is 0 Å². The molecule has 0 aliphatic carbocycles. The second-order valence-corrected chi connectivity index (χ2v) is 5.48. The van der Waals surface area contributed by atoms with Crippen LogP contribution in [0.5, 0.6) is 0 Å². The topological polar surface area (TPSA) is 92.9 Å². The lowest BCUT2D eigenvalue weighted by Crippen LogP contribution is -2.43. The molecule has 0 aromatic carbocycles. The molecule has 1 aliphatic rings. The fourth-order valence-corrected chi connectivity index (χ4v) is 2.66. The van der Waals surface area contributed by atoms with E-state index in [1.165, 1.54) is 18.3 Å². The van der Waals surface area contributed by atoms with E-state index in [9.17, 15) is 9.59 Å². The highest BCUT2D eigenvalue weighted by Gasteiger charge is 2.31. The van der Waals surface area contributed by atoms with Gasteiger partial charge in [-0.3, -0.25) is 4.79 Å². The average molecular weight is 330 g/mol. The lowest BCUT2D eigenvalue weighted by Gasteiger charge is -2.34. The van der Waals surface area contributed by atoms with Gasteiger partial charge in [-0.15, -0.1) is 0 Å². The van der Waals surface area contributed by atoms with E-state index in [0.717, 1.165) is 12.2 Å². The summed E-state index contributed by atoms with van der Waals surface area (Å²) in [5.74, 6) is 0.202. The molecule has 1 amide bonds. The molecular weight excluding hydrogens is 312 g/mol. The van der Waals surface area contributed by atoms with Gasteiger partial charge in [0.1, 0.15) is 23.3 Å². The Morgan fingerprint density at radius 3 is 2.79 bits per heavy atom. The average Bonchev–Trinajstić information content (AvgIpc) is 3.10. The zero-order chi connectivity index (χ0) is 17.1. The Morgan fingerprint density at radius 1 is 1.33 bits per heavy atom. The molecule has 1 N–H and O–H groups in total. The van der Waals surface area contributed by atoms with Gasteiger partial charge in [-0.25, -0.2) is 9.78 Å². The van der Waals surface area contributed by atoms with Crippen LogP contribution in [0.25, 0.3) is 0 Å². The summed E-state index contributed by atoms with van der Waals surface area (Å²) < 4.78 is 11.3. The molecule has 7 nitrogen and oxygen atoms in total. The van der Waals surface area contributed by atoms with E-state index in [-0.39, 0.29) is 17.6 Å². The van der Waals surface area contributed by atoms with E-state index in [4.69, 9.17) is 14.3 Å². The third kappa shape index (κ3) is 3.16. The molecule has 7 heteroatoms. The van der Waals surface area contributed by atoms with E-state index in [1.807, 2.05) is 19.1 Å². The van der Waals surface area contributed by atoms with Crippen molar-refractivity contribution in [3.63, 3.8) is 0 Å². The van der Waals surface area contributed by atoms with Crippen LogP contribution in [-0.4, -0.2) is 46.6 Å². The lowest BCUT2D eigenvalue weighted by atomic mass is 10.1. The number of pyridine rings is 1. The van der Waals surface area contributed by atoms with Crippen LogP contribution in [-0.2, 0) is 11.2 Å². The van der Waals surface area contributed by atoms with E-state index in [2.05, 4.69) is 4.98 Å². The Morgan fingerprint density at radius 2 is 2.17 bits per heavy atom. The zero-order valence-electron chi connectivity index (χ0n) is 13.3. The molecule has 2 aromatic rings. The number of nitrogens with zero attached hydrogens (tertiary/aromatic N) is 2. The number of furan rings is 1. The summed E-state index contributed by atoms with van der Waals surface area (Å²) in [6.45, 7) is 3.25. The fourth-order valence-electron chi connectivity index (χ4n) is 2.66.